The van der Waals surface area contributed by atoms with Crippen molar-refractivity contribution in [2.24, 2.45) is 0 Å². The molecule has 0 aliphatic carbocycles. The lowest BCUT2D eigenvalue weighted by Crippen LogP contribution is -2.31. The first-order chi connectivity index (χ1) is 12.7. The van der Waals surface area contributed by atoms with Gasteiger partial charge in [0.1, 0.15) is 17.2 Å². The van der Waals surface area contributed by atoms with Crippen LogP contribution in [0.3, 0.4) is 0 Å². The molecule has 5 nitrogen and oxygen atoms in total. The SMILES string of the molecule is COc1ccc(OC)c([C@H](C)NC(=O)COc2ccc(C(C)(C)C)cc2)c1. The maximum absolute atomic E-state index is 12.3. The summed E-state index contributed by atoms with van der Waals surface area (Å²) < 4.78 is 16.2. The van der Waals surface area contributed by atoms with Gasteiger partial charge in [-0.25, -0.2) is 0 Å². The third-order valence-electron chi connectivity index (χ3n) is 4.37. The maximum Gasteiger partial charge on any atom is 0.258 e. The third kappa shape index (κ3) is 5.64. The van der Waals surface area contributed by atoms with Crippen LogP contribution >= 0.6 is 0 Å². The summed E-state index contributed by atoms with van der Waals surface area (Å²) in [5, 5.41) is 2.93. The van der Waals surface area contributed by atoms with Gasteiger partial charge in [0.05, 0.1) is 20.3 Å². The van der Waals surface area contributed by atoms with Gasteiger partial charge < -0.3 is 19.5 Å². The van der Waals surface area contributed by atoms with E-state index >= 15 is 0 Å². The van der Waals surface area contributed by atoms with E-state index in [1.165, 1.54) is 5.56 Å². The lowest BCUT2D eigenvalue weighted by Gasteiger charge is -2.20. The zero-order valence-electron chi connectivity index (χ0n) is 17.0. The molecule has 1 amide bonds. The molecule has 2 aromatic carbocycles. The van der Waals surface area contributed by atoms with Gasteiger partial charge in [-0.2, -0.15) is 0 Å². The quantitative estimate of drug-likeness (QED) is 0.790. The Morgan fingerprint density at radius 2 is 1.63 bits per heavy atom. The minimum atomic E-state index is -0.241. The number of carbonyl (C=O) groups excluding carboxylic acids is 1. The van der Waals surface area contributed by atoms with Crippen molar-refractivity contribution in [2.75, 3.05) is 20.8 Å². The van der Waals surface area contributed by atoms with Crippen LogP contribution in [-0.2, 0) is 10.2 Å². The van der Waals surface area contributed by atoms with Crippen molar-refractivity contribution in [1.82, 2.24) is 5.32 Å². The molecular formula is C22H29NO4. The summed E-state index contributed by atoms with van der Waals surface area (Å²) in [6, 6.07) is 13.1. The van der Waals surface area contributed by atoms with Crippen molar-refractivity contribution in [3.05, 3.63) is 53.6 Å². The van der Waals surface area contributed by atoms with E-state index in [2.05, 4.69) is 26.1 Å². The maximum atomic E-state index is 12.3. The van der Waals surface area contributed by atoms with E-state index in [1.54, 1.807) is 14.2 Å². The van der Waals surface area contributed by atoms with Crippen LogP contribution in [0.5, 0.6) is 17.2 Å². The largest absolute Gasteiger partial charge is 0.497 e. The lowest BCUT2D eigenvalue weighted by molar-refractivity contribution is -0.123. The Kier molecular flexibility index (Phi) is 6.72. The van der Waals surface area contributed by atoms with Crippen molar-refractivity contribution in [2.45, 2.75) is 39.2 Å². The molecule has 2 aromatic rings. The van der Waals surface area contributed by atoms with Crippen LogP contribution in [-0.4, -0.2) is 26.7 Å². The van der Waals surface area contributed by atoms with Crippen LogP contribution < -0.4 is 19.5 Å². The highest BCUT2D eigenvalue weighted by Gasteiger charge is 2.16. The van der Waals surface area contributed by atoms with Crippen LogP contribution in [0, 0.1) is 0 Å². The second-order valence-electron chi connectivity index (χ2n) is 7.46. The number of methoxy groups -OCH3 is 2. The number of rotatable bonds is 7. The molecule has 0 heterocycles. The van der Waals surface area contributed by atoms with Gasteiger partial charge in [0, 0.05) is 5.56 Å². The Balaban J connectivity index is 1.95. The van der Waals surface area contributed by atoms with Crippen molar-refractivity contribution >= 4 is 5.91 Å². The highest BCUT2D eigenvalue weighted by molar-refractivity contribution is 5.78. The van der Waals surface area contributed by atoms with Crippen molar-refractivity contribution in [1.29, 1.82) is 0 Å². The summed E-state index contributed by atoms with van der Waals surface area (Å²) in [4.78, 5) is 12.3. The number of hydrogen-bond donors (Lipinski definition) is 1. The molecule has 1 atom stereocenters. The number of carbonyl (C=O) groups is 1. The first-order valence-corrected chi connectivity index (χ1v) is 8.99. The molecule has 0 bridgehead atoms. The Morgan fingerprint density at radius 1 is 1.00 bits per heavy atom. The molecule has 2 rings (SSSR count). The zero-order valence-corrected chi connectivity index (χ0v) is 17.0. The molecule has 0 fully saturated rings. The molecule has 146 valence electrons. The average Bonchev–Trinajstić information content (AvgIpc) is 2.65. The lowest BCUT2D eigenvalue weighted by atomic mass is 9.87. The first kappa shape index (κ1) is 20.6. The van der Waals surface area contributed by atoms with Gasteiger partial charge in [0.25, 0.3) is 5.91 Å². The fraction of sp³-hybridized carbons (Fsp3) is 0.409. The fourth-order valence-corrected chi connectivity index (χ4v) is 2.74. The van der Waals surface area contributed by atoms with Crippen LogP contribution in [0.1, 0.15) is 44.9 Å². The normalized spacial score (nSPS) is 12.2. The molecule has 0 aliphatic rings. The molecule has 0 saturated carbocycles. The Bertz CT molecular complexity index is 763. The number of nitrogens with one attached hydrogen (secondary N) is 1. The molecule has 0 unspecified atom stereocenters. The molecule has 27 heavy (non-hydrogen) atoms. The fourth-order valence-electron chi connectivity index (χ4n) is 2.74. The second kappa shape index (κ2) is 8.80. The standard InChI is InChI=1S/C22H29NO4/c1-15(19-13-18(25-5)11-12-20(19)26-6)23-21(24)14-27-17-9-7-16(8-10-17)22(2,3)4/h7-13,15H,14H2,1-6H3,(H,23,24)/t15-/m0/s1. The Morgan fingerprint density at radius 3 is 2.19 bits per heavy atom. The number of hydrogen-bond acceptors (Lipinski definition) is 4. The van der Waals surface area contributed by atoms with Crippen LogP contribution in [0.4, 0.5) is 0 Å². The number of amides is 1. The van der Waals surface area contributed by atoms with E-state index in [4.69, 9.17) is 14.2 Å². The Hall–Kier alpha value is -2.69. The molecular weight excluding hydrogens is 342 g/mol. The number of benzene rings is 2. The topological polar surface area (TPSA) is 56.8 Å². The summed E-state index contributed by atoms with van der Waals surface area (Å²) in [6.07, 6.45) is 0. The smallest absolute Gasteiger partial charge is 0.258 e. The molecule has 0 aliphatic heterocycles. The first-order valence-electron chi connectivity index (χ1n) is 8.99. The van der Waals surface area contributed by atoms with Crippen molar-refractivity contribution in [3.8, 4) is 17.2 Å². The summed E-state index contributed by atoms with van der Waals surface area (Å²) in [7, 11) is 3.21. The predicted molar refractivity (Wildman–Crippen MR) is 107 cm³/mol. The summed E-state index contributed by atoms with van der Waals surface area (Å²) in [6.45, 7) is 8.32. The van der Waals surface area contributed by atoms with Gasteiger partial charge in [-0.15, -0.1) is 0 Å². The summed E-state index contributed by atoms with van der Waals surface area (Å²) in [5.41, 5.74) is 2.15. The van der Waals surface area contributed by atoms with Crippen molar-refractivity contribution in [3.63, 3.8) is 0 Å². The van der Waals surface area contributed by atoms with Gasteiger partial charge in [-0.1, -0.05) is 32.9 Å². The van der Waals surface area contributed by atoms with E-state index in [0.717, 1.165) is 5.56 Å². The van der Waals surface area contributed by atoms with E-state index in [0.29, 0.717) is 17.2 Å². The minimum Gasteiger partial charge on any atom is -0.497 e. The highest BCUT2D eigenvalue weighted by Crippen LogP contribution is 2.29. The minimum absolute atomic E-state index is 0.0501. The molecule has 0 radical (unpaired) electrons. The summed E-state index contributed by atoms with van der Waals surface area (Å²) >= 11 is 0. The second-order valence-corrected chi connectivity index (χ2v) is 7.46. The van der Waals surface area contributed by atoms with Crippen LogP contribution in [0.25, 0.3) is 0 Å². The van der Waals surface area contributed by atoms with E-state index in [9.17, 15) is 4.79 Å². The van der Waals surface area contributed by atoms with Gasteiger partial charge in [-0.05, 0) is 48.2 Å². The summed E-state index contributed by atoms with van der Waals surface area (Å²) in [5.74, 6) is 1.88. The van der Waals surface area contributed by atoms with Crippen molar-refractivity contribution < 1.29 is 19.0 Å². The van der Waals surface area contributed by atoms with Crippen LogP contribution in [0.2, 0.25) is 0 Å². The van der Waals surface area contributed by atoms with Gasteiger partial charge >= 0.3 is 0 Å². The molecule has 0 aromatic heterocycles. The molecule has 0 spiro atoms. The third-order valence-corrected chi connectivity index (χ3v) is 4.37. The Labute approximate surface area is 161 Å². The average molecular weight is 371 g/mol. The molecule has 1 N–H and O–H groups in total. The molecule has 0 saturated heterocycles. The predicted octanol–water partition coefficient (Wildman–Crippen LogP) is 4.26. The van der Waals surface area contributed by atoms with Gasteiger partial charge in [0.2, 0.25) is 0 Å². The van der Waals surface area contributed by atoms with Gasteiger partial charge in [-0.3, -0.25) is 4.79 Å². The highest BCUT2D eigenvalue weighted by atomic mass is 16.5. The van der Waals surface area contributed by atoms with E-state index in [-0.39, 0.29) is 24.0 Å². The van der Waals surface area contributed by atoms with E-state index < -0.39 is 0 Å². The number of ether oxygens (including phenoxy) is 3. The van der Waals surface area contributed by atoms with Crippen LogP contribution in [0.15, 0.2) is 42.5 Å². The molecule has 5 heteroatoms. The zero-order chi connectivity index (χ0) is 20.0. The van der Waals surface area contributed by atoms with E-state index in [1.807, 2.05) is 49.4 Å². The monoisotopic (exact) mass is 371 g/mol. The van der Waals surface area contributed by atoms with Gasteiger partial charge in [0.15, 0.2) is 6.61 Å².